The maximum Gasteiger partial charge on any atom is 0.426 e. The summed E-state index contributed by atoms with van der Waals surface area (Å²) in [6, 6.07) is 4.54. The summed E-state index contributed by atoms with van der Waals surface area (Å²) in [5, 5.41) is 4.07. The van der Waals surface area contributed by atoms with Crippen LogP contribution in [0.1, 0.15) is 44.1 Å². The van der Waals surface area contributed by atoms with Crippen LogP contribution in [0.25, 0.3) is 0 Å². The van der Waals surface area contributed by atoms with Gasteiger partial charge in [0.15, 0.2) is 0 Å². The van der Waals surface area contributed by atoms with Crippen molar-refractivity contribution < 1.29 is 19.1 Å². The van der Waals surface area contributed by atoms with Gasteiger partial charge in [-0.15, -0.1) is 6.58 Å². The summed E-state index contributed by atoms with van der Waals surface area (Å²) in [5.74, 6) is 0.0755. The van der Waals surface area contributed by atoms with Crippen LogP contribution in [0.15, 0.2) is 30.9 Å². The maximum atomic E-state index is 13.8. The topological polar surface area (TPSA) is 73.4 Å². The number of hydrogen-bond acceptors (Lipinski definition) is 5. The second-order valence-electron chi connectivity index (χ2n) is 9.44. The van der Waals surface area contributed by atoms with Crippen LogP contribution >= 0.6 is 23.2 Å². The number of benzene rings is 1. The van der Waals surface area contributed by atoms with Crippen molar-refractivity contribution >= 4 is 41.1 Å². The van der Waals surface area contributed by atoms with Crippen LogP contribution in [0.3, 0.4) is 0 Å². The van der Waals surface area contributed by atoms with E-state index in [2.05, 4.69) is 6.58 Å². The zero-order valence-corrected chi connectivity index (χ0v) is 21.5. The minimum atomic E-state index is -0.680. The Bertz CT molecular complexity index is 984. The smallest absolute Gasteiger partial charge is 0.426 e. The molecular weight excluding hydrogens is 491 g/mol. The summed E-state index contributed by atoms with van der Waals surface area (Å²) < 4.78 is 5.08. The van der Waals surface area contributed by atoms with Gasteiger partial charge >= 0.3 is 6.09 Å². The van der Waals surface area contributed by atoms with Crippen LogP contribution in [-0.4, -0.2) is 76.7 Å². The Morgan fingerprint density at radius 2 is 1.94 bits per heavy atom. The number of hydrazine groups is 1. The van der Waals surface area contributed by atoms with Gasteiger partial charge in [0.2, 0.25) is 11.8 Å². The van der Waals surface area contributed by atoms with Crippen LogP contribution in [0, 0.1) is 5.92 Å². The number of halogens is 2. The van der Waals surface area contributed by atoms with Crippen molar-refractivity contribution in [3.63, 3.8) is 0 Å². The minimum absolute atomic E-state index is 0.0188. The molecule has 2 aliphatic heterocycles. The number of amides is 3. The van der Waals surface area contributed by atoms with Gasteiger partial charge in [-0.25, -0.2) is 14.8 Å². The normalized spacial score (nSPS) is 23.9. The molecule has 1 unspecified atom stereocenters. The van der Waals surface area contributed by atoms with E-state index in [4.69, 9.17) is 27.9 Å². The van der Waals surface area contributed by atoms with Gasteiger partial charge in [0, 0.05) is 23.1 Å². The second kappa shape index (κ2) is 11.2. The first-order valence-corrected chi connectivity index (χ1v) is 12.9. The highest BCUT2D eigenvalue weighted by Crippen LogP contribution is 2.35. The molecule has 3 amide bonds. The number of piperazine rings is 1. The summed E-state index contributed by atoms with van der Waals surface area (Å²) in [5.41, 5.74) is 0.754. The molecule has 1 aromatic rings. The molecule has 2 atom stereocenters. The number of ether oxygens (including phenoxy) is 1. The molecule has 0 radical (unpaired) electrons. The summed E-state index contributed by atoms with van der Waals surface area (Å²) >= 11 is 12.5. The lowest BCUT2D eigenvalue weighted by Gasteiger charge is -2.55. The third kappa shape index (κ3) is 5.44. The fourth-order valence-corrected chi connectivity index (χ4v) is 6.00. The molecule has 1 aromatic carbocycles. The highest BCUT2D eigenvalue weighted by molar-refractivity contribution is 6.35. The van der Waals surface area contributed by atoms with Crippen molar-refractivity contribution in [3.05, 3.63) is 46.5 Å². The third-order valence-corrected chi connectivity index (χ3v) is 7.78. The van der Waals surface area contributed by atoms with Crippen LogP contribution < -0.4 is 0 Å². The number of fused-ring (bicyclic) bond motifs is 1. The van der Waals surface area contributed by atoms with E-state index >= 15 is 0 Å². The number of nitrogens with zero attached hydrogens (tertiary/aromatic N) is 4. The summed E-state index contributed by atoms with van der Waals surface area (Å²) in [6.45, 7) is 4.44. The van der Waals surface area contributed by atoms with Crippen LogP contribution in [0.5, 0.6) is 0 Å². The molecule has 1 saturated carbocycles. The molecule has 3 fully saturated rings. The van der Waals surface area contributed by atoms with Gasteiger partial charge in [-0.3, -0.25) is 9.59 Å². The first kappa shape index (κ1) is 25.8. The highest BCUT2D eigenvalue weighted by Gasteiger charge is 2.52. The molecule has 3 aliphatic rings. The van der Waals surface area contributed by atoms with Crippen molar-refractivity contribution in [2.75, 3.05) is 26.7 Å². The SMILES string of the molecule is C=CCN1CC(=O)N2C(CN(Cc3ccc(Cl)cc3Cl)C(=O)[C@@H]2CC2CCCCC2)N1C(=O)OC. The van der Waals surface area contributed by atoms with Crippen molar-refractivity contribution in [1.29, 1.82) is 0 Å². The fraction of sp³-hybridized carbons (Fsp3) is 0.560. The molecule has 1 aliphatic carbocycles. The Morgan fingerprint density at radius 3 is 2.60 bits per heavy atom. The average molecular weight is 523 g/mol. The van der Waals surface area contributed by atoms with Crippen molar-refractivity contribution in [2.45, 2.75) is 57.3 Å². The van der Waals surface area contributed by atoms with Gasteiger partial charge in [0.25, 0.3) is 0 Å². The van der Waals surface area contributed by atoms with Crippen LogP contribution in [0.2, 0.25) is 10.0 Å². The van der Waals surface area contributed by atoms with Crippen LogP contribution in [0.4, 0.5) is 4.79 Å². The zero-order chi connectivity index (χ0) is 25.1. The van der Waals surface area contributed by atoms with Gasteiger partial charge in [-0.2, -0.15) is 0 Å². The van der Waals surface area contributed by atoms with E-state index in [1.165, 1.54) is 18.5 Å². The number of rotatable bonds is 6. The molecule has 0 bridgehead atoms. The van der Waals surface area contributed by atoms with Gasteiger partial charge in [0.05, 0.1) is 20.2 Å². The lowest BCUT2D eigenvalue weighted by Crippen LogP contribution is -2.75. The Morgan fingerprint density at radius 1 is 1.20 bits per heavy atom. The van der Waals surface area contributed by atoms with Crippen LogP contribution in [-0.2, 0) is 20.9 Å². The van der Waals surface area contributed by atoms with Crippen molar-refractivity contribution in [2.24, 2.45) is 5.92 Å². The van der Waals surface area contributed by atoms with Gasteiger partial charge in [0.1, 0.15) is 12.2 Å². The first-order valence-electron chi connectivity index (χ1n) is 12.1. The van der Waals surface area contributed by atoms with Crippen molar-refractivity contribution in [1.82, 2.24) is 19.8 Å². The summed E-state index contributed by atoms with van der Waals surface area (Å²) in [4.78, 5) is 43.4. The van der Waals surface area contributed by atoms with E-state index in [0.717, 1.165) is 31.2 Å². The molecular formula is C25H32Cl2N4O4. The molecule has 35 heavy (non-hydrogen) atoms. The van der Waals surface area contributed by atoms with Crippen molar-refractivity contribution in [3.8, 4) is 0 Å². The van der Waals surface area contributed by atoms with E-state index in [-0.39, 0.29) is 31.4 Å². The molecule has 190 valence electrons. The Hall–Kier alpha value is -2.29. The first-order chi connectivity index (χ1) is 16.8. The predicted molar refractivity (Wildman–Crippen MR) is 134 cm³/mol. The van der Waals surface area contributed by atoms with E-state index in [9.17, 15) is 14.4 Å². The van der Waals surface area contributed by atoms with E-state index in [1.54, 1.807) is 39.1 Å². The number of carbonyl (C=O) groups is 3. The molecule has 8 nitrogen and oxygen atoms in total. The Balaban J connectivity index is 1.70. The van der Waals surface area contributed by atoms with Gasteiger partial charge < -0.3 is 14.5 Å². The molecule has 0 N–H and O–H groups in total. The predicted octanol–water partition coefficient (Wildman–Crippen LogP) is 4.31. The summed E-state index contributed by atoms with van der Waals surface area (Å²) in [7, 11) is 1.31. The fourth-order valence-electron chi connectivity index (χ4n) is 5.53. The number of methoxy groups -OCH3 is 1. The Labute approximate surface area is 216 Å². The molecule has 4 rings (SSSR count). The standard InChI is InChI=1S/C25H32Cl2N4O4/c1-3-11-29-16-23(32)30-21(12-17-7-5-4-6-8-17)24(33)28(15-22(30)31(29)25(34)35-2)14-18-9-10-19(26)13-20(18)27/h3,9-10,13,17,21-22H,1,4-8,11-12,14-16H2,2H3/t21-,22?/m0/s1. The quantitative estimate of drug-likeness (QED) is 0.520. The highest BCUT2D eigenvalue weighted by atomic mass is 35.5. The maximum absolute atomic E-state index is 13.8. The number of carbonyl (C=O) groups excluding carboxylic acids is 3. The van der Waals surface area contributed by atoms with Gasteiger partial charge in [-0.05, 0) is 30.0 Å². The van der Waals surface area contributed by atoms with E-state index in [1.807, 2.05) is 0 Å². The molecule has 0 aromatic heterocycles. The summed E-state index contributed by atoms with van der Waals surface area (Å²) in [6.07, 6.45) is 6.52. The Kier molecular flexibility index (Phi) is 8.24. The lowest BCUT2D eigenvalue weighted by atomic mass is 9.83. The molecule has 2 saturated heterocycles. The lowest BCUT2D eigenvalue weighted by molar-refractivity contribution is -0.194. The monoisotopic (exact) mass is 522 g/mol. The second-order valence-corrected chi connectivity index (χ2v) is 10.3. The minimum Gasteiger partial charge on any atom is -0.452 e. The molecule has 2 heterocycles. The van der Waals surface area contributed by atoms with E-state index < -0.39 is 18.3 Å². The molecule has 0 spiro atoms. The largest absolute Gasteiger partial charge is 0.452 e. The average Bonchev–Trinajstić information content (AvgIpc) is 2.83. The zero-order valence-electron chi connectivity index (χ0n) is 20.0. The molecule has 10 heteroatoms. The van der Waals surface area contributed by atoms with Gasteiger partial charge in [-0.1, -0.05) is 67.4 Å². The van der Waals surface area contributed by atoms with E-state index in [0.29, 0.717) is 28.9 Å². The third-order valence-electron chi connectivity index (χ3n) is 7.19. The number of hydrogen-bond donors (Lipinski definition) is 0.